The molecule has 1 aliphatic heterocycles. The van der Waals surface area contributed by atoms with Crippen LogP contribution in [0.1, 0.15) is 37.5 Å². The standard InChI is InChI=1S/C21H20N4O2/c1-14-7-8-16(11-19(14)23-20(26)15-5-3-2-4-6-15)21(27)25-10-9-18-17(13-25)12-22-24-18/h2-8,11-12H,9-10,13H2,1H3,(H,22,24)(H,23,26). The van der Waals surface area contributed by atoms with Gasteiger partial charge in [0.15, 0.2) is 0 Å². The van der Waals surface area contributed by atoms with Gasteiger partial charge in [-0.3, -0.25) is 14.7 Å². The fraction of sp³-hybridized carbons (Fsp3) is 0.190. The molecule has 27 heavy (non-hydrogen) atoms. The van der Waals surface area contributed by atoms with Gasteiger partial charge < -0.3 is 10.2 Å². The summed E-state index contributed by atoms with van der Waals surface area (Å²) in [5.74, 6) is -0.235. The highest BCUT2D eigenvalue weighted by Gasteiger charge is 2.23. The van der Waals surface area contributed by atoms with Crippen LogP contribution in [0.4, 0.5) is 5.69 Å². The lowest BCUT2D eigenvalue weighted by Crippen LogP contribution is -2.35. The summed E-state index contributed by atoms with van der Waals surface area (Å²) in [6.45, 7) is 3.10. The zero-order valence-electron chi connectivity index (χ0n) is 15.0. The van der Waals surface area contributed by atoms with Crippen LogP contribution >= 0.6 is 0 Å². The number of carbonyl (C=O) groups is 2. The molecular weight excluding hydrogens is 340 g/mol. The number of fused-ring (bicyclic) bond motifs is 1. The third-order valence-electron chi connectivity index (χ3n) is 4.86. The van der Waals surface area contributed by atoms with Gasteiger partial charge in [-0.2, -0.15) is 5.10 Å². The number of rotatable bonds is 3. The van der Waals surface area contributed by atoms with Crippen LogP contribution in [0, 0.1) is 6.92 Å². The number of nitrogens with zero attached hydrogens (tertiary/aromatic N) is 2. The Morgan fingerprint density at radius 3 is 2.74 bits per heavy atom. The van der Waals surface area contributed by atoms with Crippen molar-refractivity contribution in [3.05, 3.63) is 82.7 Å². The molecule has 4 rings (SSSR count). The van der Waals surface area contributed by atoms with Crippen molar-refractivity contribution in [1.82, 2.24) is 15.1 Å². The van der Waals surface area contributed by atoms with Crippen molar-refractivity contribution in [3.8, 4) is 0 Å². The van der Waals surface area contributed by atoms with Gasteiger partial charge in [-0.05, 0) is 36.8 Å². The summed E-state index contributed by atoms with van der Waals surface area (Å²) in [4.78, 5) is 27.2. The molecule has 0 unspecified atom stereocenters. The molecule has 0 bridgehead atoms. The number of aromatic amines is 1. The molecule has 2 heterocycles. The number of H-pyrrole nitrogens is 1. The maximum absolute atomic E-state index is 12.9. The molecule has 0 fully saturated rings. The molecule has 1 aromatic heterocycles. The summed E-state index contributed by atoms with van der Waals surface area (Å²) in [5, 5.41) is 9.93. The quantitative estimate of drug-likeness (QED) is 0.753. The molecular formula is C21H20N4O2. The lowest BCUT2D eigenvalue weighted by Gasteiger charge is -2.27. The highest BCUT2D eigenvalue weighted by atomic mass is 16.2. The molecule has 6 heteroatoms. The SMILES string of the molecule is Cc1ccc(C(=O)N2CCc3[nH]ncc3C2)cc1NC(=O)c1ccccc1. The number of carbonyl (C=O) groups excluding carboxylic acids is 2. The van der Waals surface area contributed by atoms with Gasteiger partial charge >= 0.3 is 0 Å². The van der Waals surface area contributed by atoms with Gasteiger partial charge in [0.05, 0.1) is 6.20 Å². The Labute approximate surface area is 157 Å². The summed E-state index contributed by atoms with van der Waals surface area (Å²) in [6, 6.07) is 14.5. The van der Waals surface area contributed by atoms with Crippen LogP contribution in [-0.4, -0.2) is 33.5 Å². The van der Waals surface area contributed by atoms with Crippen LogP contribution in [0.15, 0.2) is 54.7 Å². The van der Waals surface area contributed by atoms with Gasteiger partial charge in [0.2, 0.25) is 0 Å². The number of aryl methyl sites for hydroxylation is 1. The van der Waals surface area contributed by atoms with Crippen LogP contribution in [0.3, 0.4) is 0 Å². The summed E-state index contributed by atoms with van der Waals surface area (Å²) in [7, 11) is 0. The number of hydrogen-bond donors (Lipinski definition) is 2. The van der Waals surface area contributed by atoms with Crippen molar-refractivity contribution in [2.24, 2.45) is 0 Å². The van der Waals surface area contributed by atoms with E-state index < -0.39 is 0 Å². The molecule has 0 saturated heterocycles. The molecule has 2 amide bonds. The maximum Gasteiger partial charge on any atom is 0.255 e. The maximum atomic E-state index is 12.9. The smallest absolute Gasteiger partial charge is 0.255 e. The van der Waals surface area contributed by atoms with E-state index in [1.165, 1.54) is 0 Å². The zero-order valence-corrected chi connectivity index (χ0v) is 15.0. The monoisotopic (exact) mass is 360 g/mol. The van der Waals surface area contributed by atoms with Crippen LogP contribution in [0.2, 0.25) is 0 Å². The summed E-state index contributed by atoms with van der Waals surface area (Å²) >= 11 is 0. The van der Waals surface area contributed by atoms with Gasteiger partial charge in [0.25, 0.3) is 11.8 Å². The van der Waals surface area contributed by atoms with E-state index in [1.807, 2.05) is 36.1 Å². The fourth-order valence-corrected chi connectivity index (χ4v) is 3.25. The highest BCUT2D eigenvalue weighted by molar-refractivity contribution is 6.05. The Hall–Kier alpha value is -3.41. The Morgan fingerprint density at radius 2 is 1.93 bits per heavy atom. The zero-order chi connectivity index (χ0) is 18.8. The molecule has 2 N–H and O–H groups in total. The van der Waals surface area contributed by atoms with Gasteiger partial charge in [0, 0.05) is 47.6 Å². The highest BCUT2D eigenvalue weighted by Crippen LogP contribution is 2.22. The normalized spacial score (nSPS) is 13.1. The first-order valence-corrected chi connectivity index (χ1v) is 8.89. The first-order chi connectivity index (χ1) is 13.1. The molecule has 6 nitrogen and oxygen atoms in total. The first-order valence-electron chi connectivity index (χ1n) is 8.89. The Balaban J connectivity index is 1.53. The summed E-state index contributed by atoms with van der Waals surface area (Å²) < 4.78 is 0. The average molecular weight is 360 g/mol. The van der Waals surface area contributed by atoms with E-state index in [1.54, 1.807) is 30.5 Å². The van der Waals surface area contributed by atoms with E-state index in [-0.39, 0.29) is 11.8 Å². The van der Waals surface area contributed by atoms with Gasteiger partial charge in [-0.1, -0.05) is 24.3 Å². The number of benzene rings is 2. The van der Waals surface area contributed by atoms with Crippen LogP contribution < -0.4 is 5.32 Å². The molecule has 0 aliphatic carbocycles. The number of amides is 2. The fourth-order valence-electron chi connectivity index (χ4n) is 3.25. The minimum atomic E-state index is -0.190. The second-order valence-corrected chi connectivity index (χ2v) is 6.70. The van der Waals surface area contributed by atoms with Crippen molar-refractivity contribution < 1.29 is 9.59 Å². The topological polar surface area (TPSA) is 78.1 Å². The number of nitrogens with one attached hydrogen (secondary N) is 2. The molecule has 0 atom stereocenters. The minimum Gasteiger partial charge on any atom is -0.334 e. The van der Waals surface area contributed by atoms with Crippen LogP contribution in [0.5, 0.6) is 0 Å². The van der Waals surface area contributed by atoms with E-state index in [9.17, 15) is 9.59 Å². The molecule has 2 aromatic carbocycles. The molecule has 136 valence electrons. The molecule has 0 radical (unpaired) electrons. The second kappa shape index (κ2) is 7.07. The van der Waals surface area contributed by atoms with E-state index in [0.717, 1.165) is 23.2 Å². The molecule has 0 saturated carbocycles. The lowest BCUT2D eigenvalue weighted by atomic mass is 10.0. The van der Waals surface area contributed by atoms with Crippen molar-refractivity contribution in [3.63, 3.8) is 0 Å². The van der Waals surface area contributed by atoms with Gasteiger partial charge in [0.1, 0.15) is 0 Å². The number of aromatic nitrogens is 2. The van der Waals surface area contributed by atoms with E-state index >= 15 is 0 Å². The predicted molar refractivity (Wildman–Crippen MR) is 103 cm³/mol. The second-order valence-electron chi connectivity index (χ2n) is 6.70. The molecule has 1 aliphatic rings. The minimum absolute atomic E-state index is 0.0444. The van der Waals surface area contributed by atoms with Crippen molar-refractivity contribution in [2.45, 2.75) is 19.9 Å². The third-order valence-corrected chi connectivity index (χ3v) is 4.86. The molecule has 3 aromatic rings. The summed E-state index contributed by atoms with van der Waals surface area (Å²) in [5.41, 5.74) is 4.86. The van der Waals surface area contributed by atoms with E-state index in [4.69, 9.17) is 0 Å². The average Bonchev–Trinajstić information content (AvgIpc) is 3.17. The van der Waals surface area contributed by atoms with Gasteiger partial charge in [-0.15, -0.1) is 0 Å². The predicted octanol–water partition coefficient (Wildman–Crippen LogP) is 3.17. The largest absolute Gasteiger partial charge is 0.334 e. The van der Waals surface area contributed by atoms with Crippen LogP contribution in [0.25, 0.3) is 0 Å². The van der Waals surface area contributed by atoms with Crippen molar-refractivity contribution in [1.29, 1.82) is 0 Å². The Morgan fingerprint density at radius 1 is 1.11 bits per heavy atom. The van der Waals surface area contributed by atoms with Gasteiger partial charge in [-0.25, -0.2) is 0 Å². The number of anilines is 1. The van der Waals surface area contributed by atoms with E-state index in [2.05, 4.69) is 15.5 Å². The lowest BCUT2D eigenvalue weighted by molar-refractivity contribution is 0.0734. The third kappa shape index (κ3) is 3.46. The van der Waals surface area contributed by atoms with Crippen molar-refractivity contribution in [2.75, 3.05) is 11.9 Å². The first kappa shape index (κ1) is 17.0. The summed E-state index contributed by atoms with van der Waals surface area (Å²) in [6.07, 6.45) is 2.54. The Bertz CT molecular complexity index is 994. The Kier molecular flexibility index (Phi) is 4.46. The van der Waals surface area contributed by atoms with Crippen LogP contribution in [-0.2, 0) is 13.0 Å². The van der Waals surface area contributed by atoms with E-state index in [0.29, 0.717) is 29.9 Å². The molecule has 0 spiro atoms. The van der Waals surface area contributed by atoms with Crippen molar-refractivity contribution >= 4 is 17.5 Å². The number of hydrogen-bond acceptors (Lipinski definition) is 3.